The highest BCUT2D eigenvalue weighted by atomic mass is 16.1. The molecule has 2 nitrogen and oxygen atoms in total. The quantitative estimate of drug-likeness (QED) is 0.664. The van der Waals surface area contributed by atoms with E-state index in [0.29, 0.717) is 12.3 Å². The molecule has 0 N–H and O–H groups in total. The third kappa shape index (κ3) is 2.98. The van der Waals surface area contributed by atoms with Gasteiger partial charge in [0.25, 0.3) is 0 Å². The zero-order valence-electron chi connectivity index (χ0n) is 8.37. The van der Waals surface area contributed by atoms with Crippen LogP contribution in [0.1, 0.15) is 36.2 Å². The van der Waals surface area contributed by atoms with Crippen LogP contribution in [-0.2, 0) is 0 Å². The topological polar surface area (TPSA) is 30.0 Å². The molecule has 1 aromatic heterocycles. The molecule has 1 aromatic rings. The fraction of sp³-hybridized carbons (Fsp3) is 0.455. The van der Waals surface area contributed by atoms with E-state index in [-0.39, 0.29) is 5.78 Å². The number of carbonyl (C=O) groups excluding carboxylic acids is 1. The summed E-state index contributed by atoms with van der Waals surface area (Å²) < 4.78 is 0. The highest BCUT2D eigenvalue weighted by Crippen LogP contribution is 2.09. The van der Waals surface area contributed by atoms with Crippen molar-refractivity contribution in [3.05, 3.63) is 29.6 Å². The van der Waals surface area contributed by atoms with Crippen LogP contribution in [0, 0.1) is 12.8 Å². The zero-order valence-corrected chi connectivity index (χ0v) is 8.37. The number of aryl methyl sites for hydroxylation is 1. The van der Waals surface area contributed by atoms with E-state index in [4.69, 9.17) is 0 Å². The lowest BCUT2D eigenvalue weighted by atomic mass is 10.0. The monoisotopic (exact) mass is 177 g/mol. The minimum Gasteiger partial charge on any atom is -0.294 e. The van der Waals surface area contributed by atoms with E-state index in [0.717, 1.165) is 11.1 Å². The first-order valence-corrected chi connectivity index (χ1v) is 4.54. The summed E-state index contributed by atoms with van der Waals surface area (Å²) in [5.41, 5.74) is 1.77. The van der Waals surface area contributed by atoms with E-state index >= 15 is 0 Å². The Balaban J connectivity index is 2.77. The molecule has 2 heteroatoms. The van der Waals surface area contributed by atoms with Gasteiger partial charge in [0.15, 0.2) is 5.78 Å². The highest BCUT2D eigenvalue weighted by molar-refractivity contribution is 5.95. The smallest absolute Gasteiger partial charge is 0.164 e. The molecule has 0 spiro atoms. The second-order valence-electron chi connectivity index (χ2n) is 3.77. The van der Waals surface area contributed by atoms with Gasteiger partial charge in [-0.15, -0.1) is 0 Å². The van der Waals surface area contributed by atoms with E-state index in [1.54, 1.807) is 12.4 Å². The molecule has 1 rings (SSSR count). The summed E-state index contributed by atoms with van der Waals surface area (Å²) in [6.07, 6.45) is 4.00. The molecule has 13 heavy (non-hydrogen) atoms. The van der Waals surface area contributed by atoms with E-state index in [9.17, 15) is 4.79 Å². The number of aromatic nitrogens is 1. The Hall–Kier alpha value is -1.18. The maximum absolute atomic E-state index is 11.6. The highest BCUT2D eigenvalue weighted by Gasteiger charge is 2.07. The second kappa shape index (κ2) is 4.17. The molecular formula is C11H15NO. The predicted molar refractivity (Wildman–Crippen MR) is 52.8 cm³/mol. The number of nitrogens with zero attached hydrogens (tertiary/aromatic N) is 1. The molecule has 0 amide bonds. The Labute approximate surface area is 79.0 Å². The largest absolute Gasteiger partial charge is 0.294 e. The van der Waals surface area contributed by atoms with Crippen LogP contribution in [0.25, 0.3) is 0 Å². The third-order valence-corrected chi connectivity index (χ3v) is 1.79. The Bertz CT molecular complexity index is 305. The number of ketones is 1. The second-order valence-corrected chi connectivity index (χ2v) is 3.77. The number of Topliss-reactive ketones (excluding diaryl/α,β-unsaturated/α-hetero) is 1. The minimum atomic E-state index is 0.186. The summed E-state index contributed by atoms with van der Waals surface area (Å²) in [6, 6.07) is 1.89. The number of rotatable bonds is 3. The van der Waals surface area contributed by atoms with Gasteiger partial charge in [-0.1, -0.05) is 13.8 Å². The van der Waals surface area contributed by atoms with Gasteiger partial charge in [0.05, 0.1) is 0 Å². The van der Waals surface area contributed by atoms with Crippen molar-refractivity contribution in [1.82, 2.24) is 4.98 Å². The Morgan fingerprint density at radius 1 is 1.46 bits per heavy atom. The van der Waals surface area contributed by atoms with Crippen LogP contribution in [0.4, 0.5) is 0 Å². The van der Waals surface area contributed by atoms with Crippen molar-refractivity contribution < 1.29 is 4.79 Å². The summed E-state index contributed by atoms with van der Waals surface area (Å²) in [5.74, 6) is 0.596. The molecule has 0 saturated heterocycles. The van der Waals surface area contributed by atoms with Gasteiger partial charge >= 0.3 is 0 Å². The fourth-order valence-electron chi connectivity index (χ4n) is 1.20. The van der Waals surface area contributed by atoms with E-state index in [2.05, 4.69) is 4.98 Å². The third-order valence-electron chi connectivity index (χ3n) is 1.79. The molecule has 0 aliphatic carbocycles. The van der Waals surface area contributed by atoms with Crippen molar-refractivity contribution in [2.75, 3.05) is 0 Å². The van der Waals surface area contributed by atoms with Crippen LogP contribution in [-0.4, -0.2) is 10.8 Å². The van der Waals surface area contributed by atoms with Gasteiger partial charge in [0.2, 0.25) is 0 Å². The molecule has 0 radical (unpaired) electrons. The molecule has 0 saturated carbocycles. The SMILES string of the molecule is Cc1cncc(C(=O)CC(C)C)c1. The maximum atomic E-state index is 11.6. The van der Waals surface area contributed by atoms with Crippen molar-refractivity contribution in [3.8, 4) is 0 Å². The van der Waals surface area contributed by atoms with Gasteiger partial charge in [-0.2, -0.15) is 0 Å². The van der Waals surface area contributed by atoms with Crippen molar-refractivity contribution in [1.29, 1.82) is 0 Å². The predicted octanol–water partition coefficient (Wildman–Crippen LogP) is 2.62. The lowest BCUT2D eigenvalue weighted by Crippen LogP contribution is -2.04. The first-order chi connectivity index (χ1) is 6.09. The van der Waals surface area contributed by atoms with E-state index < -0.39 is 0 Å². The summed E-state index contributed by atoms with van der Waals surface area (Å²) >= 11 is 0. The molecule has 0 aliphatic rings. The van der Waals surface area contributed by atoms with Crippen LogP contribution < -0.4 is 0 Å². The van der Waals surface area contributed by atoms with Crippen LogP contribution in [0.3, 0.4) is 0 Å². The lowest BCUT2D eigenvalue weighted by molar-refractivity contribution is 0.0967. The molecule has 0 fully saturated rings. The van der Waals surface area contributed by atoms with E-state index in [1.807, 2.05) is 26.8 Å². The zero-order chi connectivity index (χ0) is 9.84. The molecule has 0 aromatic carbocycles. The summed E-state index contributed by atoms with van der Waals surface area (Å²) in [5, 5.41) is 0. The maximum Gasteiger partial charge on any atom is 0.164 e. The molecule has 0 bridgehead atoms. The van der Waals surface area contributed by atoms with Gasteiger partial charge in [0.1, 0.15) is 0 Å². The average Bonchev–Trinajstić information content (AvgIpc) is 2.03. The minimum absolute atomic E-state index is 0.186. The van der Waals surface area contributed by atoms with Crippen LogP contribution >= 0.6 is 0 Å². The van der Waals surface area contributed by atoms with Crippen LogP contribution in [0.5, 0.6) is 0 Å². The number of hydrogen-bond donors (Lipinski definition) is 0. The number of hydrogen-bond acceptors (Lipinski definition) is 2. The summed E-state index contributed by atoms with van der Waals surface area (Å²) in [6.45, 7) is 6.03. The van der Waals surface area contributed by atoms with Gasteiger partial charge < -0.3 is 0 Å². The normalized spacial score (nSPS) is 10.5. The van der Waals surface area contributed by atoms with Gasteiger partial charge in [-0.05, 0) is 24.5 Å². The molecule has 0 unspecified atom stereocenters. The first kappa shape index (κ1) is 9.90. The van der Waals surface area contributed by atoms with Crippen LogP contribution in [0.2, 0.25) is 0 Å². The van der Waals surface area contributed by atoms with Gasteiger partial charge in [-0.3, -0.25) is 9.78 Å². The summed E-state index contributed by atoms with van der Waals surface area (Å²) in [4.78, 5) is 15.6. The fourth-order valence-corrected chi connectivity index (χ4v) is 1.20. The van der Waals surface area contributed by atoms with E-state index in [1.165, 1.54) is 0 Å². The van der Waals surface area contributed by atoms with Crippen molar-refractivity contribution >= 4 is 5.78 Å². The molecule has 70 valence electrons. The Morgan fingerprint density at radius 3 is 2.69 bits per heavy atom. The summed E-state index contributed by atoms with van der Waals surface area (Å²) in [7, 11) is 0. The standard InChI is InChI=1S/C11H15NO/c1-8(2)4-11(13)10-5-9(3)6-12-7-10/h5-8H,4H2,1-3H3. The molecule has 0 aliphatic heterocycles. The van der Waals surface area contributed by atoms with Crippen LogP contribution in [0.15, 0.2) is 18.5 Å². The first-order valence-electron chi connectivity index (χ1n) is 4.54. The lowest BCUT2D eigenvalue weighted by Gasteiger charge is -2.03. The molecule has 0 atom stereocenters. The van der Waals surface area contributed by atoms with Gasteiger partial charge in [0, 0.05) is 24.4 Å². The Kier molecular flexibility index (Phi) is 3.18. The molecule has 1 heterocycles. The average molecular weight is 177 g/mol. The van der Waals surface area contributed by atoms with Crippen molar-refractivity contribution in [2.24, 2.45) is 5.92 Å². The van der Waals surface area contributed by atoms with Crippen molar-refractivity contribution in [2.45, 2.75) is 27.2 Å². The number of pyridine rings is 1. The number of carbonyl (C=O) groups is 1. The Morgan fingerprint density at radius 2 is 2.15 bits per heavy atom. The van der Waals surface area contributed by atoms with Gasteiger partial charge in [-0.25, -0.2) is 0 Å². The van der Waals surface area contributed by atoms with Crippen molar-refractivity contribution in [3.63, 3.8) is 0 Å². The molecular weight excluding hydrogens is 162 g/mol.